The van der Waals surface area contributed by atoms with Gasteiger partial charge >= 0.3 is 0 Å². The van der Waals surface area contributed by atoms with E-state index in [0.717, 1.165) is 13.1 Å². The van der Waals surface area contributed by atoms with Gasteiger partial charge in [-0.3, -0.25) is 0 Å². The summed E-state index contributed by atoms with van der Waals surface area (Å²) in [6.45, 7) is 12.4. The van der Waals surface area contributed by atoms with Crippen molar-refractivity contribution in [3.8, 4) is 0 Å². The highest BCUT2D eigenvalue weighted by Crippen LogP contribution is 2.14. The molecule has 0 aromatic heterocycles. The first-order valence-electron chi connectivity index (χ1n) is 6.22. The Kier molecular flexibility index (Phi) is 5.55. The summed E-state index contributed by atoms with van der Waals surface area (Å²) >= 11 is 0. The van der Waals surface area contributed by atoms with E-state index in [1.54, 1.807) is 0 Å². The lowest BCUT2D eigenvalue weighted by atomic mass is 10.1. The van der Waals surface area contributed by atoms with E-state index in [1.807, 2.05) is 12.1 Å². The van der Waals surface area contributed by atoms with E-state index in [2.05, 4.69) is 62.7 Å². The molecule has 0 saturated carbocycles. The van der Waals surface area contributed by atoms with Gasteiger partial charge in [-0.15, -0.1) is 6.58 Å². The zero-order chi connectivity index (χ0) is 12.7. The smallest absolute Gasteiger partial charge is 0.0351 e. The standard InChI is InChI=1S/C16H23N/c1-5-11-17(12-14(2)3)13-15(4)16-9-7-6-8-10-16/h5-10,13-14H,1,11-12H2,2-4H3/b15-13+. The molecule has 0 aliphatic heterocycles. The van der Waals surface area contributed by atoms with Crippen molar-refractivity contribution in [3.63, 3.8) is 0 Å². The first-order chi connectivity index (χ1) is 8.13. The molecule has 0 fully saturated rings. The summed E-state index contributed by atoms with van der Waals surface area (Å²) in [5.74, 6) is 0.662. The lowest BCUT2D eigenvalue weighted by Gasteiger charge is -2.22. The van der Waals surface area contributed by atoms with Crippen LogP contribution in [0.4, 0.5) is 0 Å². The normalized spacial score (nSPS) is 11.6. The van der Waals surface area contributed by atoms with Crippen molar-refractivity contribution >= 4 is 5.57 Å². The van der Waals surface area contributed by atoms with Gasteiger partial charge in [0.15, 0.2) is 0 Å². The SMILES string of the molecule is C=CCN(/C=C(\C)c1ccccc1)CC(C)C. The topological polar surface area (TPSA) is 3.24 Å². The summed E-state index contributed by atoms with van der Waals surface area (Å²) in [6, 6.07) is 10.5. The molecule has 0 amide bonds. The van der Waals surface area contributed by atoms with Crippen molar-refractivity contribution in [2.24, 2.45) is 5.92 Å². The second-order valence-corrected chi connectivity index (χ2v) is 4.81. The van der Waals surface area contributed by atoms with E-state index in [0.29, 0.717) is 5.92 Å². The molecule has 0 aliphatic rings. The molecule has 0 aliphatic carbocycles. The summed E-state index contributed by atoms with van der Waals surface area (Å²) in [4.78, 5) is 2.32. The van der Waals surface area contributed by atoms with Gasteiger partial charge in [0, 0.05) is 19.3 Å². The molecule has 1 rings (SSSR count). The van der Waals surface area contributed by atoms with E-state index >= 15 is 0 Å². The fraction of sp³-hybridized carbons (Fsp3) is 0.375. The Balaban J connectivity index is 2.79. The Hall–Kier alpha value is -1.50. The Labute approximate surface area is 105 Å². The second-order valence-electron chi connectivity index (χ2n) is 4.81. The van der Waals surface area contributed by atoms with E-state index in [1.165, 1.54) is 11.1 Å². The molecule has 0 unspecified atom stereocenters. The third kappa shape index (κ3) is 4.90. The molecular weight excluding hydrogens is 206 g/mol. The minimum Gasteiger partial charge on any atom is -0.373 e. The van der Waals surface area contributed by atoms with Gasteiger partial charge in [0.05, 0.1) is 0 Å². The van der Waals surface area contributed by atoms with Crippen molar-refractivity contribution in [3.05, 3.63) is 54.8 Å². The Morgan fingerprint density at radius 1 is 1.29 bits per heavy atom. The molecule has 0 bridgehead atoms. The van der Waals surface area contributed by atoms with Crippen LogP contribution in [0.5, 0.6) is 0 Å². The number of hydrogen-bond donors (Lipinski definition) is 0. The summed E-state index contributed by atoms with van der Waals surface area (Å²) in [7, 11) is 0. The van der Waals surface area contributed by atoms with Crippen LogP contribution in [0, 0.1) is 5.92 Å². The minimum absolute atomic E-state index is 0.662. The van der Waals surface area contributed by atoms with Crippen molar-refractivity contribution in [1.29, 1.82) is 0 Å². The lowest BCUT2D eigenvalue weighted by Crippen LogP contribution is -2.22. The van der Waals surface area contributed by atoms with Crippen LogP contribution in [0.2, 0.25) is 0 Å². The fourth-order valence-electron chi connectivity index (χ4n) is 1.86. The minimum atomic E-state index is 0.662. The third-order valence-corrected chi connectivity index (χ3v) is 2.57. The molecule has 1 heteroatoms. The molecule has 0 spiro atoms. The molecule has 0 atom stereocenters. The van der Waals surface area contributed by atoms with E-state index in [-0.39, 0.29) is 0 Å². The largest absolute Gasteiger partial charge is 0.373 e. The summed E-state index contributed by atoms with van der Waals surface area (Å²) in [6.07, 6.45) is 4.19. The van der Waals surface area contributed by atoms with E-state index in [4.69, 9.17) is 0 Å². The van der Waals surface area contributed by atoms with Crippen LogP contribution in [-0.2, 0) is 0 Å². The van der Waals surface area contributed by atoms with Crippen LogP contribution < -0.4 is 0 Å². The Bertz CT molecular complexity index is 362. The molecule has 0 saturated heterocycles. The Morgan fingerprint density at radius 3 is 2.47 bits per heavy atom. The molecule has 0 heterocycles. The summed E-state index contributed by atoms with van der Waals surface area (Å²) in [5, 5.41) is 0. The average Bonchev–Trinajstić information content (AvgIpc) is 2.29. The monoisotopic (exact) mass is 229 g/mol. The van der Waals surface area contributed by atoms with Gasteiger partial charge < -0.3 is 4.90 Å². The highest BCUT2D eigenvalue weighted by Gasteiger charge is 2.02. The molecule has 1 nitrogen and oxygen atoms in total. The number of benzene rings is 1. The first-order valence-corrected chi connectivity index (χ1v) is 6.22. The summed E-state index contributed by atoms with van der Waals surface area (Å²) in [5.41, 5.74) is 2.58. The van der Waals surface area contributed by atoms with Gasteiger partial charge in [-0.1, -0.05) is 50.3 Å². The van der Waals surface area contributed by atoms with E-state index < -0.39 is 0 Å². The van der Waals surface area contributed by atoms with Crippen LogP contribution in [0.25, 0.3) is 5.57 Å². The molecule has 1 aromatic carbocycles. The van der Waals surface area contributed by atoms with Gasteiger partial charge in [0.2, 0.25) is 0 Å². The molecule has 92 valence electrons. The first kappa shape index (κ1) is 13.6. The van der Waals surface area contributed by atoms with Crippen LogP contribution in [0.1, 0.15) is 26.3 Å². The predicted octanol–water partition coefficient (Wildman–Crippen LogP) is 4.19. The van der Waals surface area contributed by atoms with Gasteiger partial charge in [-0.25, -0.2) is 0 Å². The molecule has 1 aromatic rings. The number of allylic oxidation sites excluding steroid dienone is 1. The second kappa shape index (κ2) is 6.95. The zero-order valence-corrected chi connectivity index (χ0v) is 11.2. The van der Waals surface area contributed by atoms with Crippen LogP contribution in [-0.4, -0.2) is 18.0 Å². The maximum Gasteiger partial charge on any atom is 0.0351 e. The number of hydrogen-bond acceptors (Lipinski definition) is 1. The fourth-order valence-corrected chi connectivity index (χ4v) is 1.86. The Morgan fingerprint density at radius 2 is 1.94 bits per heavy atom. The van der Waals surface area contributed by atoms with Gasteiger partial charge in [0.25, 0.3) is 0 Å². The molecule has 0 N–H and O–H groups in total. The average molecular weight is 229 g/mol. The van der Waals surface area contributed by atoms with Crippen molar-refractivity contribution in [2.75, 3.05) is 13.1 Å². The van der Waals surface area contributed by atoms with Crippen LogP contribution in [0.15, 0.2) is 49.2 Å². The predicted molar refractivity (Wildman–Crippen MR) is 76.7 cm³/mol. The lowest BCUT2D eigenvalue weighted by molar-refractivity contribution is 0.361. The third-order valence-electron chi connectivity index (χ3n) is 2.57. The number of nitrogens with zero attached hydrogens (tertiary/aromatic N) is 1. The van der Waals surface area contributed by atoms with Gasteiger partial charge in [-0.2, -0.15) is 0 Å². The van der Waals surface area contributed by atoms with Gasteiger partial charge in [0.1, 0.15) is 0 Å². The van der Waals surface area contributed by atoms with Crippen molar-refractivity contribution in [1.82, 2.24) is 4.90 Å². The maximum absolute atomic E-state index is 3.82. The molecule has 17 heavy (non-hydrogen) atoms. The van der Waals surface area contributed by atoms with Crippen molar-refractivity contribution < 1.29 is 0 Å². The number of rotatable bonds is 6. The maximum atomic E-state index is 3.82. The molecule has 0 radical (unpaired) electrons. The zero-order valence-electron chi connectivity index (χ0n) is 11.2. The van der Waals surface area contributed by atoms with Gasteiger partial charge in [-0.05, 0) is 24.0 Å². The molecular formula is C16H23N. The summed E-state index contributed by atoms with van der Waals surface area (Å²) < 4.78 is 0. The van der Waals surface area contributed by atoms with Crippen molar-refractivity contribution in [2.45, 2.75) is 20.8 Å². The van der Waals surface area contributed by atoms with Crippen LogP contribution in [0.3, 0.4) is 0 Å². The van der Waals surface area contributed by atoms with Crippen LogP contribution >= 0.6 is 0 Å². The highest BCUT2D eigenvalue weighted by atomic mass is 15.1. The highest BCUT2D eigenvalue weighted by molar-refractivity contribution is 5.63. The quantitative estimate of drug-likeness (QED) is 0.661. The van der Waals surface area contributed by atoms with E-state index in [9.17, 15) is 0 Å².